The molecule has 1 saturated carbocycles. The number of hydrogen-bond donors (Lipinski definition) is 1. The summed E-state index contributed by atoms with van der Waals surface area (Å²) in [7, 11) is -3.57. The van der Waals surface area contributed by atoms with Crippen molar-refractivity contribution in [2.75, 3.05) is 0 Å². The monoisotopic (exact) mass is 381 g/mol. The molecule has 1 N–H and O–H groups in total. The molecule has 1 aromatic rings. The molecule has 0 aliphatic heterocycles. The first-order valence-corrected chi connectivity index (χ1v) is 9.48. The number of hydrogen-bond acceptors (Lipinski definition) is 3. The zero-order valence-corrected chi connectivity index (χ0v) is 15.3. The number of nitrogens with one attached hydrogen (secondary N) is 1. The maximum Gasteiger partial charge on any atom is 0.241 e. The first-order chi connectivity index (χ1) is 10.5. The van der Waals surface area contributed by atoms with Crippen LogP contribution in [-0.2, 0) is 14.6 Å². The minimum Gasteiger partial charge on any atom is -0.348 e. The zero-order chi connectivity index (χ0) is 17.6. The van der Waals surface area contributed by atoms with Crippen molar-refractivity contribution in [2.24, 2.45) is 0 Å². The average molecular weight is 382 g/mol. The number of carbonyl (C=O) groups excluding carboxylic acids is 1. The third kappa shape index (κ3) is 3.35. The highest BCUT2D eigenvalue weighted by Gasteiger charge is 2.50. The zero-order valence-electron chi connectivity index (χ0n) is 13.0. The van der Waals surface area contributed by atoms with Gasteiger partial charge in [-0.1, -0.05) is 23.2 Å². The Balaban J connectivity index is 2.25. The fourth-order valence-corrected chi connectivity index (χ4v) is 4.91. The van der Waals surface area contributed by atoms with Gasteiger partial charge in [0.1, 0.15) is 10.6 Å². The topological polar surface area (TPSA) is 63.2 Å². The molecule has 4 nitrogen and oxygen atoms in total. The van der Waals surface area contributed by atoms with Crippen molar-refractivity contribution < 1.29 is 17.6 Å². The number of carbonyl (C=O) groups is 1. The summed E-state index contributed by atoms with van der Waals surface area (Å²) in [5.74, 6) is -1.31. The summed E-state index contributed by atoms with van der Waals surface area (Å²) in [6.07, 6.45) is 1.16. The quantitative estimate of drug-likeness (QED) is 0.791. The molecule has 1 unspecified atom stereocenters. The van der Waals surface area contributed by atoms with Gasteiger partial charge >= 0.3 is 0 Å². The molecule has 0 spiro atoms. The van der Waals surface area contributed by atoms with Gasteiger partial charge in [-0.05, 0) is 45.7 Å². The second-order valence-corrected chi connectivity index (χ2v) is 9.77. The Morgan fingerprint density at radius 3 is 2.43 bits per heavy atom. The highest BCUT2D eigenvalue weighted by molar-refractivity contribution is 7.94. The van der Waals surface area contributed by atoms with Crippen LogP contribution in [0.2, 0.25) is 10.0 Å². The Bertz CT molecular complexity index is 745. The molecule has 1 aliphatic rings. The standard InChI is InChI=1S/C15H18Cl2FNO3S/c1-8(12-10(16)6-7-11(18)13(12)17)19-14(20)15(2,3)23(21,22)9-4-5-9/h6-9H,4-5H2,1-3H3,(H,19,20). The van der Waals surface area contributed by atoms with Gasteiger partial charge in [-0.15, -0.1) is 0 Å². The Labute approximate surface area is 145 Å². The van der Waals surface area contributed by atoms with Crippen LogP contribution in [0.25, 0.3) is 0 Å². The van der Waals surface area contributed by atoms with Gasteiger partial charge in [-0.2, -0.15) is 0 Å². The maximum absolute atomic E-state index is 13.6. The predicted octanol–water partition coefficient (Wildman–Crippen LogP) is 3.67. The van der Waals surface area contributed by atoms with E-state index in [1.807, 2.05) is 0 Å². The molecule has 2 rings (SSSR count). The molecule has 1 fully saturated rings. The van der Waals surface area contributed by atoms with Crippen molar-refractivity contribution in [1.82, 2.24) is 5.32 Å². The molecular formula is C15H18Cl2FNO3S. The summed E-state index contributed by atoms with van der Waals surface area (Å²) >= 11 is 11.9. The molecule has 128 valence electrons. The lowest BCUT2D eigenvalue weighted by Crippen LogP contribution is -2.50. The summed E-state index contributed by atoms with van der Waals surface area (Å²) in [6.45, 7) is 4.32. The van der Waals surface area contributed by atoms with Crippen LogP contribution in [0.1, 0.15) is 45.2 Å². The van der Waals surface area contributed by atoms with Gasteiger partial charge in [0.25, 0.3) is 0 Å². The van der Waals surface area contributed by atoms with Crippen LogP contribution < -0.4 is 5.32 Å². The van der Waals surface area contributed by atoms with Crippen LogP contribution in [0.3, 0.4) is 0 Å². The van der Waals surface area contributed by atoms with Crippen molar-refractivity contribution in [3.8, 4) is 0 Å². The Kier molecular flexibility index (Phi) is 5.00. The first kappa shape index (κ1) is 18.5. The Morgan fingerprint density at radius 1 is 1.35 bits per heavy atom. The maximum atomic E-state index is 13.6. The molecule has 1 aromatic carbocycles. The van der Waals surface area contributed by atoms with Gasteiger partial charge < -0.3 is 5.32 Å². The van der Waals surface area contributed by atoms with Gasteiger partial charge in [0.2, 0.25) is 5.91 Å². The average Bonchev–Trinajstić information content (AvgIpc) is 3.27. The third-order valence-electron chi connectivity index (χ3n) is 4.08. The van der Waals surface area contributed by atoms with E-state index in [1.54, 1.807) is 6.92 Å². The van der Waals surface area contributed by atoms with E-state index in [4.69, 9.17) is 23.2 Å². The van der Waals surface area contributed by atoms with Crippen LogP contribution in [0.5, 0.6) is 0 Å². The van der Waals surface area contributed by atoms with Crippen molar-refractivity contribution in [1.29, 1.82) is 0 Å². The number of amides is 1. The Morgan fingerprint density at radius 2 is 1.91 bits per heavy atom. The van der Waals surface area contributed by atoms with Gasteiger partial charge in [0.05, 0.1) is 16.3 Å². The summed E-state index contributed by atoms with van der Waals surface area (Å²) < 4.78 is 36.8. The third-order valence-corrected chi connectivity index (χ3v) is 7.75. The molecule has 1 aliphatic carbocycles. The minimum atomic E-state index is -3.57. The molecule has 0 radical (unpaired) electrons. The molecule has 0 aromatic heterocycles. The molecule has 1 atom stereocenters. The van der Waals surface area contributed by atoms with Crippen LogP contribution >= 0.6 is 23.2 Å². The van der Waals surface area contributed by atoms with Crippen LogP contribution in [-0.4, -0.2) is 24.3 Å². The SMILES string of the molecule is CC(NC(=O)C(C)(C)S(=O)(=O)C1CC1)c1c(Cl)ccc(F)c1Cl. The lowest BCUT2D eigenvalue weighted by atomic mass is 10.1. The summed E-state index contributed by atoms with van der Waals surface area (Å²) in [4.78, 5) is 12.5. The summed E-state index contributed by atoms with van der Waals surface area (Å²) in [5.41, 5.74) is 0.223. The van der Waals surface area contributed by atoms with E-state index in [2.05, 4.69) is 5.32 Å². The fourth-order valence-electron chi connectivity index (χ4n) is 2.31. The lowest BCUT2D eigenvalue weighted by Gasteiger charge is -2.26. The van der Waals surface area contributed by atoms with Crippen LogP contribution in [0.15, 0.2) is 12.1 Å². The molecule has 0 saturated heterocycles. The fraction of sp³-hybridized carbons (Fsp3) is 0.533. The second-order valence-electron chi connectivity index (χ2n) is 6.21. The highest BCUT2D eigenvalue weighted by Crippen LogP contribution is 2.37. The summed E-state index contributed by atoms with van der Waals surface area (Å²) in [6, 6.07) is 1.74. The van der Waals surface area contributed by atoms with E-state index in [1.165, 1.54) is 19.9 Å². The van der Waals surface area contributed by atoms with Crippen molar-refractivity contribution >= 4 is 38.9 Å². The van der Waals surface area contributed by atoms with Crippen molar-refractivity contribution in [3.63, 3.8) is 0 Å². The molecule has 23 heavy (non-hydrogen) atoms. The largest absolute Gasteiger partial charge is 0.348 e. The van der Waals surface area contributed by atoms with E-state index in [9.17, 15) is 17.6 Å². The molecule has 8 heteroatoms. The molecule has 1 amide bonds. The number of rotatable bonds is 5. The predicted molar refractivity (Wildman–Crippen MR) is 89.0 cm³/mol. The second kappa shape index (κ2) is 6.22. The minimum absolute atomic E-state index is 0.187. The van der Waals surface area contributed by atoms with Gasteiger partial charge in [0, 0.05) is 10.6 Å². The van der Waals surface area contributed by atoms with E-state index < -0.39 is 37.6 Å². The summed E-state index contributed by atoms with van der Waals surface area (Å²) in [5, 5.41) is 2.14. The normalized spacial score (nSPS) is 17.0. The van der Waals surface area contributed by atoms with Crippen molar-refractivity contribution in [3.05, 3.63) is 33.6 Å². The van der Waals surface area contributed by atoms with Gasteiger partial charge in [-0.25, -0.2) is 12.8 Å². The Hall–Kier alpha value is -0.850. The van der Waals surface area contributed by atoms with E-state index in [0.29, 0.717) is 12.8 Å². The van der Waals surface area contributed by atoms with Crippen molar-refractivity contribution in [2.45, 2.75) is 49.7 Å². The van der Waals surface area contributed by atoms with Crippen LogP contribution in [0, 0.1) is 5.82 Å². The highest BCUT2D eigenvalue weighted by atomic mass is 35.5. The molecular weight excluding hydrogens is 364 g/mol. The number of sulfone groups is 1. The molecule has 0 heterocycles. The first-order valence-electron chi connectivity index (χ1n) is 7.18. The smallest absolute Gasteiger partial charge is 0.241 e. The number of benzene rings is 1. The van der Waals surface area contributed by atoms with E-state index in [-0.39, 0.29) is 15.6 Å². The van der Waals surface area contributed by atoms with Crippen LogP contribution in [0.4, 0.5) is 4.39 Å². The van der Waals surface area contributed by atoms with E-state index >= 15 is 0 Å². The lowest BCUT2D eigenvalue weighted by molar-refractivity contribution is -0.123. The van der Waals surface area contributed by atoms with E-state index in [0.717, 1.165) is 6.07 Å². The number of halogens is 3. The molecule has 0 bridgehead atoms. The van der Waals surface area contributed by atoms with Gasteiger partial charge in [-0.3, -0.25) is 4.79 Å². The van der Waals surface area contributed by atoms with Gasteiger partial charge in [0.15, 0.2) is 9.84 Å².